The number of amides is 2. The van der Waals surface area contributed by atoms with Crippen LogP contribution < -0.4 is 5.32 Å². The van der Waals surface area contributed by atoms with E-state index in [4.69, 9.17) is 11.6 Å². The van der Waals surface area contributed by atoms with Crippen LogP contribution in [0.15, 0.2) is 41.3 Å². The van der Waals surface area contributed by atoms with Crippen molar-refractivity contribution in [3.05, 3.63) is 64.4 Å². The van der Waals surface area contributed by atoms with Gasteiger partial charge in [-0.1, -0.05) is 30.9 Å². The monoisotopic (exact) mass is 601 g/mol. The SMILES string of the molecule is O=C(O)CC(NC(=O)C1N(C(=O)c2cc(F)cc(F)c2)CCN1S(=O)(=O)c1ccc(F)c(Cl)c1)C1CCCCC1. The molecule has 216 valence electrons. The number of halogens is 4. The summed E-state index contributed by atoms with van der Waals surface area (Å²) in [5.41, 5.74) is -0.450. The molecule has 1 aliphatic heterocycles. The molecule has 1 saturated carbocycles. The minimum Gasteiger partial charge on any atom is -0.481 e. The van der Waals surface area contributed by atoms with Crippen molar-refractivity contribution < 1.29 is 41.1 Å². The zero-order valence-corrected chi connectivity index (χ0v) is 22.7. The number of nitrogens with zero attached hydrogens (tertiary/aromatic N) is 2. The lowest BCUT2D eigenvalue weighted by Gasteiger charge is -2.34. The predicted molar refractivity (Wildman–Crippen MR) is 137 cm³/mol. The summed E-state index contributed by atoms with van der Waals surface area (Å²) in [5, 5.41) is 11.6. The van der Waals surface area contributed by atoms with Crippen LogP contribution in [0.2, 0.25) is 5.02 Å². The van der Waals surface area contributed by atoms with Gasteiger partial charge in [0.25, 0.3) is 11.8 Å². The van der Waals surface area contributed by atoms with Crippen LogP contribution in [0.5, 0.6) is 0 Å². The topological polar surface area (TPSA) is 124 Å². The first-order valence-corrected chi connectivity index (χ1v) is 14.5. The van der Waals surface area contributed by atoms with Crippen molar-refractivity contribution in [1.29, 1.82) is 0 Å². The van der Waals surface area contributed by atoms with Gasteiger partial charge in [-0.25, -0.2) is 21.6 Å². The summed E-state index contributed by atoms with van der Waals surface area (Å²) < 4.78 is 69.4. The van der Waals surface area contributed by atoms with E-state index in [-0.39, 0.29) is 19.0 Å². The second-order valence-corrected chi connectivity index (χ2v) is 12.1. The van der Waals surface area contributed by atoms with Crippen molar-refractivity contribution in [2.24, 2.45) is 5.92 Å². The Hall–Kier alpha value is -3.16. The van der Waals surface area contributed by atoms with Crippen molar-refractivity contribution in [1.82, 2.24) is 14.5 Å². The standard InChI is InChI=1S/C26H27ClF3N3O6S/c27-20-13-19(6-7-21(20)30)40(38,39)33-9-8-32(26(37)16-10-17(28)12-18(29)11-16)25(33)24(36)31-22(14-23(34)35)15-4-2-1-3-5-15/h6-7,10-13,15,22,25H,1-5,8-9,14H2,(H,31,36)(H,34,35). The fourth-order valence-electron chi connectivity index (χ4n) is 5.28. The number of benzene rings is 2. The molecule has 2 aromatic rings. The maximum Gasteiger partial charge on any atom is 0.305 e. The Labute approximate surface area is 233 Å². The van der Waals surface area contributed by atoms with E-state index in [0.29, 0.717) is 23.2 Å². The van der Waals surface area contributed by atoms with Crippen LogP contribution in [-0.2, 0) is 19.6 Å². The van der Waals surface area contributed by atoms with Gasteiger partial charge in [-0.15, -0.1) is 0 Å². The van der Waals surface area contributed by atoms with Crippen molar-refractivity contribution in [2.75, 3.05) is 13.1 Å². The van der Waals surface area contributed by atoms with Crippen molar-refractivity contribution >= 4 is 39.4 Å². The molecule has 40 heavy (non-hydrogen) atoms. The number of nitrogens with one attached hydrogen (secondary N) is 1. The number of carbonyl (C=O) groups excluding carboxylic acids is 2. The molecule has 0 aromatic heterocycles. The molecule has 0 radical (unpaired) electrons. The zero-order valence-electron chi connectivity index (χ0n) is 21.2. The van der Waals surface area contributed by atoms with E-state index in [0.717, 1.165) is 54.5 Å². The average molecular weight is 602 g/mol. The van der Waals surface area contributed by atoms with Crippen LogP contribution in [0.1, 0.15) is 48.9 Å². The minimum absolute atomic E-state index is 0.183. The van der Waals surface area contributed by atoms with Crippen LogP contribution in [0.3, 0.4) is 0 Å². The Bertz CT molecular complexity index is 1400. The van der Waals surface area contributed by atoms with E-state index in [1.165, 1.54) is 0 Å². The Kier molecular flexibility index (Phi) is 9.06. The highest BCUT2D eigenvalue weighted by Crippen LogP contribution is 2.31. The van der Waals surface area contributed by atoms with Gasteiger partial charge in [-0.05, 0) is 49.1 Å². The number of carboxylic acid groups (broad SMARTS) is 1. The molecule has 4 rings (SSSR count). The van der Waals surface area contributed by atoms with E-state index in [1.807, 2.05) is 0 Å². The smallest absolute Gasteiger partial charge is 0.305 e. The van der Waals surface area contributed by atoms with Crippen molar-refractivity contribution in [2.45, 2.75) is 55.6 Å². The Morgan fingerprint density at radius 1 is 1.00 bits per heavy atom. The first kappa shape index (κ1) is 29.8. The Balaban J connectivity index is 1.72. The van der Waals surface area contributed by atoms with Crippen LogP contribution in [-0.4, -0.2) is 65.8 Å². The average Bonchev–Trinajstić information content (AvgIpc) is 3.35. The number of hydrogen-bond donors (Lipinski definition) is 2. The first-order chi connectivity index (χ1) is 18.9. The second kappa shape index (κ2) is 12.1. The fourth-order valence-corrected chi connectivity index (χ4v) is 7.09. The number of aliphatic carboxylic acids is 1. The van der Waals surface area contributed by atoms with Gasteiger partial charge in [0.1, 0.15) is 17.5 Å². The molecule has 2 aromatic carbocycles. The minimum atomic E-state index is -4.56. The lowest BCUT2D eigenvalue weighted by atomic mass is 9.82. The number of sulfonamides is 1. The van der Waals surface area contributed by atoms with Crippen LogP contribution in [0, 0.1) is 23.4 Å². The van der Waals surface area contributed by atoms with Gasteiger partial charge in [-0.2, -0.15) is 4.31 Å². The predicted octanol–water partition coefficient (Wildman–Crippen LogP) is 3.77. The molecule has 14 heteroatoms. The summed E-state index contributed by atoms with van der Waals surface area (Å²) in [7, 11) is -4.56. The molecule has 9 nitrogen and oxygen atoms in total. The highest BCUT2D eigenvalue weighted by atomic mass is 35.5. The maximum absolute atomic E-state index is 13.9. The molecule has 2 fully saturated rings. The molecule has 0 spiro atoms. The third kappa shape index (κ3) is 6.42. The fraction of sp³-hybridized carbons (Fsp3) is 0.423. The largest absolute Gasteiger partial charge is 0.481 e. The molecule has 0 bridgehead atoms. The third-order valence-electron chi connectivity index (χ3n) is 7.17. The summed E-state index contributed by atoms with van der Waals surface area (Å²) in [6.45, 7) is -0.706. The molecular formula is C26H27ClF3N3O6S. The lowest BCUT2D eigenvalue weighted by Crippen LogP contribution is -2.56. The van der Waals surface area contributed by atoms with Gasteiger partial charge in [0.15, 0.2) is 6.17 Å². The molecule has 1 heterocycles. The van der Waals surface area contributed by atoms with E-state index in [9.17, 15) is 41.1 Å². The van der Waals surface area contributed by atoms with Gasteiger partial charge in [0, 0.05) is 30.8 Å². The molecule has 2 unspecified atom stereocenters. The van der Waals surface area contributed by atoms with E-state index in [2.05, 4.69) is 5.32 Å². The molecule has 2 aliphatic rings. The molecule has 2 N–H and O–H groups in total. The Morgan fingerprint density at radius 3 is 2.25 bits per heavy atom. The molecular weight excluding hydrogens is 575 g/mol. The lowest BCUT2D eigenvalue weighted by molar-refractivity contribution is -0.138. The van der Waals surface area contributed by atoms with Gasteiger partial charge < -0.3 is 15.3 Å². The van der Waals surface area contributed by atoms with Crippen molar-refractivity contribution in [3.63, 3.8) is 0 Å². The summed E-state index contributed by atoms with van der Waals surface area (Å²) in [6.07, 6.45) is 1.70. The molecule has 2 atom stereocenters. The van der Waals surface area contributed by atoms with Gasteiger partial charge in [-0.3, -0.25) is 14.4 Å². The summed E-state index contributed by atoms with van der Waals surface area (Å²) in [5.74, 6) is -6.31. The summed E-state index contributed by atoms with van der Waals surface area (Å²) >= 11 is 5.79. The highest BCUT2D eigenvalue weighted by Gasteiger charge is 2.47. The highest BCUT2D eigenvalue weighted by molar-refractivity contribution is 7.89. The molecule has 1 saturated heterocycles. The van der Waals surface area contributed by atoms with Crippen LogP contribution >= 0.6 is 11.6 Å². The van der Waals surface area contributed by atoms with E-state index in [1.54, 1.807) is 0 Å². The number of hydrogen-bond acceptors (Lipinski definition) is 5. The number of rotatable bonds is 8. The van der Waals surface area contributed by atoms with Gasteiger partial charge >= 0.3 is 5.97 Å². The number of carbonyl (C=O) groups is 3. The van der Waals surface area contributed by atoms with Crippen LogP contribution in [0.4, 0.5) is 13.2 Å². The van der Waals surface area contributed by atoms with Gasteiger partial charge in [0.05, 0.1) is 16.3 Å². The number of carboxylic acids is 1. The summed E-state index contributed by atoms with van der Waals surface area (Å²) in [6, 6.07) is 3.87. The van der Waals surface area contributed by atoms with E-state index >= 15 is 0 Å². The first-order valence-electron chi connectivity index (χ1n) is 12.6. The third-order valence-corrected chi connectivity index (χ3v) is 9.31. The molecule has 2 amide bonds. The molecule has 1 aliphatic carbocycles. The maximum atomic E-state index is 13.9. The Morgan fingerprint density at radius 2 is 1.65 bits per heavy atom. The second-order valence-electron chi connectivity index (χ2n) is 9.83. The van der Waals surface area contributed by atoms with Gasteiger partial charge in [0.2, 0.25) is 10.0 Å². The zero-order chi connectivity index (χ0) is 29.2. The van der Waals surface area contributed by atoms with Crippen LogP contribution in [0.25, 0.3) is 0 Å². The summed E-state index contributed by atoms with van der Waals surface area (Å²) in [4.78, 5) is 39.1. The quantitative estimate of drug-likeness (QED) is 0.475. The van der Waals surface area contributed by atoms with E-state index < -0.39 is 79.4 Å². The normalized spacial score (nSPS) is 19.4. The van der Waals surface area contributed by atoms with Crippen molar-refractivity contribution in [3.8, 4) is 0 Å².